The number of likely N-dealkylation sites (tertiary alicyclic amines) is 1. The number of pyridine rings is 1. The first-order chi connectivity index (χ1) is 20.9. The number of carbonyl (C=O) groups excluding carboxylic acids is 1. The van der Waals surface area contributed by atoms with Gasteiger partial charge in [0, 0.05) is 32.5 Å². The lowest BCUT2D eigenvalue weighted by atomic mass is 9.80. The van der Waals surface area contributed by atoms with Gasteiger partial charge in [0.2, 0.25) is 0 Å². The molecule has 10 nitrogen and oxygen atoms in total. The normalized spacial score (nSPS) is 18.7. The Morgan fingerprint density at radius 1 is 1.12 bits per heavy atom. The monoisotopic (exact) mass is 578 g/mol. The topological polar surface area (TPSA) is 128 Å². The van der Waals surface area contributed by atoms with Crippen LogP contribution >= 0.6 is 0 Å². The molecule has 43 heavy (non-hydrogen) atoms. The fraction of sp³-hybridized carbons (Fsp3) is 0.333. The highest BCUT2D eigenvalue weighted by Crippen LogP contribution is 2.34. The van der Waals surface area contributed by atoms with Crippen molar-refractivity contribution >= 4 is 22.8 Å². The number of nitriles is 1. The fourth-order valence-electron chi connectivity index (χ4n) is 6.06. The van der Waals surface area contributed by atoms with E-state index in [9.17, 15) is 14.9 Å². The molecule has 2 aliphatic rings. The van der Waals surface area contributed by atoms with Crippen molar-refractivity contribution in [1.29, 1.82) is 5.26 Å². The maximum absolute atomic E-state index is 14.1. The minimum Gasteiger partial charge on any atom is -0.457 e. The van der Waals surface area contributed by atoms with Gasteiger partial charge in [-0.15, -0.1) is 0 Å². The zero-order valence-corrected chi connectivity index (χ0v) is 24.1. The maximum Gasteiger partial charge on any atom is 0.334 e. The van der Waals surface area contributed by atoms with Crippen molar-refractivity contribution in [2.24, 2.45) is 5.41 Å². The van der Waals surface area contributed by atoms with Gasteiger partial charge < -0.3 is 20.1 Å². The van der Waals surface area contributed by atoms with Gasteiger partial charge in [0.1, 0.15) is 34.5 Å². The number of amides is 1. The van der Waals surface area contributed by atoms with Gasteiger partial charge in [-0.1, -0.05) is 31.2 Å². The molecule has 2 saturated heterocycles. The van der Waals surface area contributed by atoms with Gasteiger partial charge in [-0.05, 0) is 73.6 Å². The SMILES string of the molecule is CC1(C=C(C#N)C(=O)N2CCC[C@@H](n3c(=O)n(-c4ccc(Oc5ccccc5)cc4)c4c(N)nccc43)C2)CCOCC1. The summed E-state index contributed by atoms with van der Waals surface area (Å²) in [5.74, 6) is 1.29. The second kappa shape index (κ2) is 11.8. The lowest BCUT2D eigenvalue weighted by Gasteiger charge is -2.34. The first-order valence-electron chi connectivity index (χ1n) is 14.6. The van der Waals surface area contributed by atoms with E-state index in [1.165, 1.54) is 0 Å². The number of nitrogens with zero attached hydrogens (tertiary/aromatic N) is 5. The van der Waals surface area contributed by atoms with Crippen molar-refractivity contribution in [1.82, 2.24) is 19.0 Å². The number of rotatable bonds is 6. The van der Waals surface area contributed by atoms with Crippen molar-refractivity contribution in [3.05, 3.63) is 89.0 Å². The molecule has 10 heteroatoms. The number of nitrogens with two attached hydrogens (primary N) is 1. The highest BCUT2D eigenvalue weighted by Gasteiger charge is 2.32. The number of hydrogen-bond donors (Lipinski definition) is 1. The molecule has 0 aliphatic carbocycles. The molecule has 0 bridgehead atoms. The quantitative estimate of drug-likeness (QED) is 0.252. The van der Waals surface area contributed by atoms with Crippen LogP contribution in [0.3, 0.4) is 0 Å². The van der Waals surface area contributed by atoms with E-state index in [1.54, 1.807) is 38.4 Å². The van der Waals surface area contributed by atoms with Crippen LogP contribution in [0.15, 0.2) is 83.3 Å². The third-order valence-electron chi connectivity index (χ3n) is 8.41. The predicted molar refractivity (Wildman–Crippen MR) is 163 cm³/mol. The van der Waals surface area contributed by atoms with E-state index in [2.05, 4.69) is 18.0 Å². The molecule has 220 valence electrons. The van der Waals surface area contributed by atoms with Gasteiger partial charge in [0.15, 0.2) is 0 Å². The molecule has 4 aromatic rings. The van der Waals surface area contributed by atoms with Crippen molar-refractivity contribution in [2.45, 2.75) is 38.6 Å². The van der Waals surface area contributed by atoms with E-state index in [0.29, 0.717) is 67.4 Å². The number of nitrogen functional groups attached to an aromatic ring is 1. The smallest absolute Gasteiger partial charge is 0.334 e. The van der Waals surface area contributed by atoms with Crippen LogP contribution in [0.1, 0.15) is 38.6 Å². The van der Waals surface area contributed by atoms with Gasteiger partial charge in [0.25, 0.3) is 5.91 Å². The first kappa shape index (κ1) is 28.2. The number of benzene rings is 2. The average Bonchev–Trinajstić information content (AvgIpc) is 3.33. The number of carbonyl (C=O) groups is 1. The summed E-state index contributed by atoms with van der Waals surface area (Å²) in [6, 6.07) is 20.3. The molecule has 2 aliphatic heterocycles. The Bertz CT molecular complexity index is 1760. The molecule has 2 aromatic heterocycles. The number of aromatic nitrogens is 3. The second-order valence-electron chi connectivity index (χ2n) is 11.4. The molecule has 4 heterocycles. The van der Waals surface area contributed by atoms with Crippen LogP contribution in [0.25, 0.3) is 16.7 Å². The number of ether oxygens (including phenoxy) is 2. The minimum absolute atomic E-state index is 0.145. The van der Waals surface area contributed by atoms with Crippen molar-refractivity contribution in [3.8, 4) is 23.3 Å². The molecule has 2 aromatic carbocycles. The molecule has 2 N–H and O–H groups in total. The molecular weight excluding hydrogens is 544 g/mol. The largest absolute Gasteiger partial charge is 0.457 e. The molecule has 6 rings (SSSR count). The summed E-state index contributed by atoms with van der Waals surface area (Å²) in [4.78, 5) is 33.7. The Morgan fingerprint density at radius 2 is 1.84 bits per heavy atom. The van der Waals surface area contributed by atoms with Crippen molar-refractivity contribution in [3.63, 3.8) is 0 Å². The molecule has 0 spiro atoms. The van der Waals surface area contributed by atoms with E-state index in [0.717, 1.165) is 12.8 Å². The lowest BCUT2D eigenvalue weighted by molar-refractivity contribution is -0.128. The van der Waals surface area contributed by atoms with Crippen LogP contribution in [0.4, 0.5) is 5.82 Å². The Balaban J connectivity index is 1.31. The van der Waals surface area contributed by atoms with Crippen LogP contribution in [-0.2, 0) is 9.53 Å². The van der Waals surface area contributed by atoms with Gasteiger partial charge in [0.05, 0.1) is 17.2 Å². The summed E-state index contributed by atoms with van der Waals surface area (Å²) >= 11 is 0. The Labute approximate surface area is 249 Å². The highest BCUT2D eigenvalue weighted by atomic mass is 16.5. The minimum atomic E-state index is -0.299. The van der Waals surface area contributed by atoms with E-state index >= 15 is 0 Å². The summed E-state index contributed by atoms with van der Waals surface area (Å²) < 4.78 is 14.7. The standard InChI is InChI=1S/C33H34N6O4/c1-33(14-18-42-19-15-33)20-23(21-34)31(40)37-17-5-6-25(22-37)38-28-13-16-36-30(35)29(28)39(32(38)41)24-9-11-27(12-10-24)43-26-7-3-2-4-8-26/h2-4,7-13,16,20,25H,5-6,14-15,17-19,22H2,1H3,(H2,35,36)/t25-/m1/s1. The fourth-order valence-corrected chi connectivity index (χ4v) is 6.06. The molecule has 0 saturated carbocycles. The second-order valence-corrected chi connectivity index (χ2v) is 11.4. The number of hydrogen-bond acceptors (Lipinski definition) is 7. The maximum atomic E-state index is 14.1. The summed E-state index contributed by atoms with van der Waals surface area (Å²) in [6.07, 6.45) is 6.33. The summed E-state index contributed by atoms with van der Waals surface area (Å²) in [5, 5.41) is 9.92. The summed E-state index contributed by atoms with van der Waals surface area (Å²) in [6.45, 7) is 4.11. The van der Waals surface area contributed by atoms with Crippen LogP contribution in [0.5, 0.6) is 11.5 Å². The number of allylic oxidation sites excluding steroid dienone is 1. The van der Waals surface area contributed by atoms with Crippen LogP contribution in [0.2, 0.25) is 0 Å². The van der Waals surface area contributed by atoms with Gasteiger partial charge >= 0.3 is 5.69 Å². The van der Waals surface area contributed by atoms with E-state index < -0.39 is 0 Å². The number of piperidine rings is 1. The Kier molecular flexibility index (Phi) is 7.74. The molecule has 1 amide bonds. The van der Waals surface area contributed by atoms with E-state index in [-0.39, 0.29) is 34.4 Å². The number of imidazole rings is 1. The molecule has 0 unspecified atom stereocenters. The van der Waals surface area contributed by atoms with E-state index in [4.69, 9.17) is 15.2 Å². The van der Waals surface area contributed by atoms with Crippen molar-refractivity contribution < 1.29 is 14.3 Å². The van der Waals surface area contributed by atoms with E-state index in [1.807, 2.05) is 48.5 Å². The Morgan fingerprint density at radius 3 is 2.56 bits per heavy atom. The zero-order valence-electron chi connectivity index (χ0n) is 24.1. The lowest BCUT2D eigenvalue weighted by Crippen LogP contribution is -2.43. The average molecular weight is 579 g/mol. The van der Waals surface area contributed by atoms with Gasteiger partial charge in [-0.25, -0.2) is 9.78 Å². The number of para-hydroxylation sites is 1. The number of fused-ring (bicyclic) bond motifs is 1. The van der Waals surface area contributed by atoms with Gasteiger partial charge in [-0.3, -0.25) is 13.9 Å². The van der Waals surface area contributed by atoms with Crippen LogP contribution in [-0.4, -0.2) is 51.2 Å². The molecular formula is C33H34N6O4. The van der Waals surface area contributed by atoms with Gasteiger partial charge in [-0.2, -0.15) is 5.26 Å². The third kappa shape index (κ3) is 5.64. The summed E-state index contributed by atoms with van der Waals surface area (Å²) in [7, 11) is 0. The summed E-state index contributed by atoms with van der Waals surface area (Å²) in [5.41, 5.74) is 7.74. The predicted octanol–water partition coefficient (Wildman–Crippen LogP) is 4.99. The van der Waals surface area contributed by atoms with Crippen LogP contribution < -0.4 is 16.2 Å². The first-order valence-corrected chi connectivity index (χ1v) is 14.6. The molecule has 1 atom stereocenters. The third-order valence-corrected chi connectivity index (χ3v) is 8.41. The van der Waals surface area contributed by atoms with Crippen LogP contribution in [0, 0.1) is 16.7 Å². The van der Waals surface area contributed by atoms with Crippen molar-refractivity contribution in [2.75, 3.05) is 32.0 Å². The highest BCUT2D eigenvalue weighted by molar-refractivity contribution is 5.97. The zero-order chi connectivity index (χ0) is 30.0. The molecule has 2 fully saturated rings. The number of anilines is 1. The Hall–Kier alpha value is -4.88. The molecule has 0 radical (unpaired) electrons.